The predicted molar refractivity (Wildman–Crippen MR) is 91.3 cm³/mol. The highest BCUT2D eigenvalue weighted by Crippen LogP contribution is 2.36. The van der Waals surface area contributed by atoms with Gasteiger partial charge in [0.15, 0.2) is 5.13 Å². The average Bonchev–Trinajstić information content (AvgIpc) is 3.04. The summed E-state index contributed by atoms with van der Waals surface area (Å²) in [5.74, 6) is 2.33. The van der Waals surface area contributed by atoms with Crippen LogP contribution in [0.1, 0.15) is 19.8 Å². The van der Waals surface area contributed by atoms with E-state index >= 15 is 0 Å². The van der Waals surface area contributed by atoms with Gasteiger partial charge in [0.05, 0.1) is 19.9 Å². The summed E-state index contributed by atoms with van der Waals surface area (Å²) in [6.45, 7) is 4.52. The monoisotopic (exact) mass is 318 g/mol. The van der Waals surface area contributed by atoms with Gasteiger partial charge in [-0.25, -0.2) is 4.98 Å². The third-order valence-electron chi connectivity index (χ3n) is 4.10. The van der Waals surface area contributed by atoms with Crippen LogP contribution in [0.15, 0.2) is 23.6 Å². The zero-order valence-corrected chi connectivity index (χ0v) is 14.2. The van der Waals surface area contributed by atoms with E-state index in [0.717, 1.165) is 46.9 Å². The largest absolute Gasteiger partial charge is 0.497 e. The Balaban J connectivity index is 1.87. The maximum atomic E-state index is 5.49. The first-order chi connectivity index (χ1) is 10.7. The van der Waals surface area contributed by atoms with Crippen LogP contribution < -0.4 is 14.4 Å². The summed E-state index contributed by atoms with van der Waals surface area (Å²) in [4.78, 5) is 7.23. The lowest BCUT2D eigenvalue weighted by Crippen LogP contribution is -2.34. The lowest BCUT2D eigenvalue weighted by molar-refractivity contribution is 0.395. The molecule has 1 fully saturated rings. The Morgan fingerprint density at radius 3 is 2.86 bits per heavy atom. The molecule has 118 valence electrons. The second-order valence-corrected chi connectivity index (χ2v) is 6.61. The Bertz CT molecular complexity index is 641. The van der Waals surface area contributed by atoms with Crippen molar-refractivity contribution in [3.8, 4) is 22.8 Å². The maximum Gasteiger partial charge on any atom is 0.185 e. The van der Waals surface area contributed by atoms with Gasteiger partial charge in [-0.3, -0.25) is 0 Å². The molecule has 1 unspecified atom stereocenters. The van der Waals surface area contributed by atoms with Crippen LogP contribution in [0.3, 0.4) is 0 Å². The van der Waals surface area contributed by atoms with E-state index < -0.39 is 0 Å². The third-order valence-corrected chi connectivity index (χ3v) is 5.01. The number of hydrogen-bond acceptors (Lipinski definition) is 5. The van der Waals surface area contributed by atoms with Gasteiger partial charge in [-0.05, 0) is 30.9 Å². The number of hydrogen-bond donors (Lipinski definition) is 0. The molecule has 2 heterocycles. The molecule has 0 spiro atoms. The minimum Gasteiger partial charge on any atom is -0.497 e. The standard InChI is InChI=1S/C17H22N2O2S/c1-12-5-4-8-19(10-12)17-18-15(11-22-17)14-7-6-13(20-2)9-16(14)21-3/h6-7,9,11-12H,4-5,8,10H2,1-3H3. The van der Waals surface area contributed by atoms with Crippen molar-refractivity contribution in [3.63, 3.8) is 0 Å². The molecule has 0 saturated carbocycles. The van der Waals surface area contributed by atoms with Crippen LogP contribution in [0.25, 0.3) is 11.3 Å². The predicted octanol–water partition coefficient (Wildman–Crippen LogP) is 4.06. The van der Waals surface area contributed by atoms with Crippen molar-refractivity contribution >= 4 is 16.5 Å². The maximum absolute atomic E-state index is 5.49. The molecule has 1 aromatic heterocycles. The lowest BCUT2D eigenvalue weighted by atomic mass is 10.0. The number of piperidine rings is 1. The van der Waals surface area contributed by atoms with Crippen LogP contribution in [0.4, 0.5) is 5.13 Å². The molecule has 1 atom stereocenters. The van der Waals surface area contributed by atoms with Gasteiger partial charge in [0.25, 0.3) is 0 Å². The van der Waals surface area contributed by atoms with Crippen LogP contribution >= 0.6 is 11.3 Å². The summed E-state index contributed by atoms with van der Waals surface area (Å²) in [6, 6.07) is 5.85. The van der Waals surface area contributed by atoms with Crippen molar-refractivity contribution in [1.82, 2.24) is 4.98 Å². The van der Waals surface area contributed by atoms with Gasteiger partial charge in [-0.15, -0.1) is 11.3 Å². The van der Waals surface area contributed by atoms with E-state index in [9.17, 15) is 0 Å². The SMILES string of the molecule is COc1ccc(-c2csc(N3CCCC(C)C3)n2)c(OC)c1. The van der Waals surface area contributed by atoms with Crippen molar-refractivity contribution < 1.29 is 9.47 Å². The Kier molecular flexibility index (Phi) is 4.52. The zero-order chi connectivity index (χ0) is 15.5. The van der Waals surface area contributed by atoms with Crippen LogP contribution in [0.5, 0.6) is 11.5 Å². The number of nitrogens with zero attached hydrogens (tertiary/aromatic N) is 2. The summed E-state index contributed by atoms with van der Waals surface area (Å²) in [6.07, 6.45) is 2.57. The minimum absolute atomic E-state index is 0.747. The fourth-order valence-corrected chi connectivity index (χ4v) is 3.77. The topological polar surface area (TPSA) is 34.6 Å². The van der Waals surface area contributed by atoms with Crippen LogP contribution in [-0.2, 0) is 0 Å². The highest BCUT2D eigenvalue weighted by Gasteiger charge is 2.20. The highest BCUT2D eigenvalue weighted by molar-refractivity contribution is 7.14. The second-order valence-electron chi connectivity index (χ2n) is 5.77. The lowest BCUT2D eigenvalue weighted by Gasteiger charge is -2.30. The Morgan fingerprint density at radius 2 is 2.14 bits per heavy atom. The molecule has 2 aromatic rings. The Hall–Kier alpha value is -1.75. The second kappa shape index (κ2) is 6.57. The van der Waals surface area contributed by atoms with Gasteiger partial charge in [0.1, 0.15) is 11.5 Å². The summed E-state index contributed by atoms with van der Waals surface area (Å²) < 4.78 is 10.7. The van der Waals surface area contributed by atoms with Crippen molar-refractivity contribution in [1.29, 1.82) is 0 Å². The summed E-state index contributed by atoms with van der Waals surface area (Å²) in [7, 11) is 3.34. The molecule has 1 saturated heterocycles. The van der Waals surface area contributed by atoms with Crippen LogP contribution in [0, 0.1) is 5.92 Å². The Labute approximate surface area is 135 Å². The van der Waals surface area contributed by atoms with E-state index in [1.54, 1.807) is 25.6 Å². The molecule has 1 aliphatic rings. The number of benzene rings is 1. The number of anilines is 1. The summed E-state index contributed by atoms with van der Waals surface area (Å²) >= 11 is 1.71. The van der Waals surface area contributed by atoms with E-state index in [0.29, 0.717) is 0 Å². The smallest absolute Gasteiger partial charge is 0.185 e. The van der Waals surface area contributed by atoms with Gasteiger partial charge in [-0.2, -0.15) is 0 Å². The number of thiazole rings is 1. The minimum atomic E-state index is 0.747. The molecule has 0 amide bonds. The highest BCUT2D eigenvalue weighted by atomic mass is 32.1. The average molecular weight is 318 g/mol. The molecule has 22 heavy (non-hydrogen) atoms. The molecule has 5 heteroatoms. The molecule has 0 N–H and O–H groups in total. The zero-order valence-electron chi connectivity index (χ0n) is 13.3. The van der Waals surface area contributed by atoms with Gasteiger partial charge in [0.2, 0.25) is 0 Å². The van der Waals surface area contributed by atoms with E-state index in [-0.39, 0.29) is 0 Å². The molecule has 0 aliphatic carbocycles. The van der Waals surface area contributed by atoms with Crippen molar-refractivity contribution in [2.24, 2.45) is 5.92 Å². The number of ether oxygens (including phenoxy) is 2. The van der Waals surface area contributed by atoms with Crippen molar-refractivity contribution in [3.05, 3.63) is 23.6 Å². The Morgan fingerprint density at radius 1 is 1.27 bits per heavy atom. The molecular weight excluding hydrogens is 296 g/mol. The number of methoxy groups -OCH3 is 2. The van der Waals surface area contributed by atoms with E-state index in [2.05, 4.69) is 17.2 Å². The van der Waals surface area contributed by atoms with Crippen molar-refractivity contribution in [2.45, 2.75) is 19.8 Å². The quantitative estimate of drug-likeness (QED) is 0.851. The summed E-state index contributed by atoms with van der Waals surface area (Å²) in [5.41, 5.74) is 1.98. The molecule has 0 bridgehead atoms. The molecule has 4 nitrogen and oxygen atoms in total. The fourth-order valence-electron chi connectivity index (χ4n) is 2.91. The number of aromatic nitrogens is 1. The van der Waals surface area contributed by atoms with Gasteiger partial charge >= 0.3 is 0 Å². The summed E-state index contributed by atoms with van der Waals surface area (Å²) in [5, 5.41) is 3.22. The first-order valence-corrected chi connectivity index (χ1v) is 8.52. The fraction of sp³-hybridized carbons (Fsp3) is 0.471. The van der Waals surface area contributed by atoms with Crippen LogP contribution in [-0.4, -0.2) is 32.3 Å². The normalized spacial score (nSPS) is 18.3. The van der Waals surface area contributed by atoms with Gasteiger partial charge in [-0.1, -0.05) is 6.92 Å². The number of rotatable bonds is 4. The van der Waals surface area contributed by atoms with E-state index in [1.807, 2.05) is 18.2 Å². The van der Waals surface area contributed by atoms with Crippen LogP contribution in [0.2, 0.25) is 0 Å². The van der Waals surface area contributed by atoms with E-state index in [4.69, 9.17) is 14.5 Å². The first kappa shape index (κ1) is 15.2. The molecule has 3 rings (SSSR count). The van der Waals surface area contributed by atoms with Crippen molar-refractivity contribution in [2.75, 3.05) is 32.2 Å². The third kappa shape index (κ3) is 3.04. The van der Waals surface area contributed by atoms with E-state index in [1.165, 1.54) is 12.8 Å². The molecular formula is C17H22N2O2S. The molecule has 1 aromatic carbocycles. The molecule has 1 aliphatic heterocycles. The van der Waals surface area contributed by atoms with Gasteiger partial charge in [0, 0.05) is 30.1 Å². The first-order valence-electron chi connectivity index (χ1n) is 7.64. The van der Waals surface area contributed by atoms with Gasteiger partial charge < -0.3 is 14.4 Å². The molecule has 0 radical (unpaired) electrons.